The average molecular weight is 384 g/mol. The van der Waals surface area contributed by atoms with Crippen molar-refractivity contribution in [2.45, 2.75) is 59.8 Å². The van der Waals surface area contributed by atoms with Crippen molar-refractivity contribution in [2.75, 3.05) is 5.32 Å². The minimum atomic E-state index is -0.0266. The average Bonchev–Trinajstić information content (AvgIpc) is 2.91. The highest BCUT2D eigenvalue weighted by Crippen LogP contribution is 2.60. The molecule has 1 amide bonds. The van der Waals surface area contributed by atoms with Crippen LogP contribution in [0.4, 0.5) is 5.69 Å². The smallest absolute Gasteiger partial charge is 0.256 e. The van der Waals surface area contributed by atoms with E-state index < -0.39 is 0 Å². The Bertz CT molecular complexity index is 850. The van der Waals surface area contributed by atoms with Gasteiger partial charge in [0.15, 0.2) is 0 Å². The molecule has 4 rings (SSSR count). The summed E-state index contributed by atoms with van der Waals surface area (Å²) in [5.74, 6) is 1.19. The van der Waals surface area contributed by atoms with Crippen LogP contribution >= 0.6 is 11.6 Å². The molecule has 1 fully saturated rings. The molecule has 0 bridgehead atoms. The van der Waals surface area contributed by atoms with E-state index in [9.17, 15) is 4.79 Å². The molecule has 0 radical (unpaired) electrons. The highest BCUT2D eigenvalue weighted by atomic mass is 35.5. The minimum Gasteiger partial charge on any atom is -0.320 e. The van der Waals surface area contributed by atoms with Gasteiger partial charge in [-0.3, -0.25) is 4.79 Å². The quantitative estimate of drug-likeness (QED) is 0.438. The van der Waals surface area contributed by atoms with Crippen molar-refractivity contribution in [3.63, 3.8) is 0 Å². The van der Waals surface area contributed by atoms with E-state index in [1.165, 1.54) is 31.3 Å². The molecule has 0 unspecified atom stereocenters. The standard InChI is InChI=1S/C24H30ClNO/c1-15-9-12-20-23(2,3)13-6-14-24(20,4)18(15)11-10-17-16-7-5-8-19(25)21(16)26-22(17)27/h5,7-10,18,20H,6,11-14H2,1-4H3,(H,26,27)/b17-10-/t18-,20-,24+/m0/s1. The van der Waals surface area contributed by atoms with Gasteiger partial charge < -0.3 is 5.32 Å². The van der Waals surface area contributed by atoms with Crippen molar-refractivity contribution in [1.29, 1.82) is 0 Å². The summed E-state index contributed by atoms with van der Waals surface area (Å²) in [6.07, 6.45) is 10.6. The Morgan fingerprint density at radius 2 is 2.04 bits per heavy atom. The fourth-order valence-corrected chi connectivity index (χ4v) is 6.43. The van der Waals surface area contributed by atoms with Gasteiger partial charge in [0.05, 0.1) is 10.7 Å². The Balaban J connectivity index is 1.67. The molecule has 3 atom stereocenters. The Morgan fingerprint density at radius 3 is 2.81 bits per heavy atom. The third kappa shape index (κ3) is 2.97. The number of nitrogens with one attached hydrogen (secondary N) is 1. The number of fused-ring (bicyclic) bond motifs is 2. The molecule has 0 aromatic heterocycles. The molecule has 1 heterocycles. The zero-order valence-electron chi connectivity index (χ0n) is 16.9. The van der Waals surface area contributed by atoms with Crippen LogP contribution in [-0.2, 0) is 4.79 Å². The zero-order valence-corrected chi connectivity index (χ0v) is 17.6. The van der Waals surface area contributed by atoms with Gasteiger partial charge in [-0.15, -0.1) is 0 Å². The number of halogens is 1. The molecule has 3 aliphatic rings. The summed E-state index contributed by atoms with van der Waals surface area (Å²) in [6, 6.07) is 5.73. The normalized spacial score (nSPS) is 33.3. The molecule has 0 spiro atoms. The van der Waals surface area contributed by atoms with Gasteiger partial charge in [-0.1, -0.05) is 68.7 Å². The lowest BCUT2D eigenvalue weighted by atomic mass is 9.48. The minimum absolute atomic E-state index is 0.0266. The number of amides is 1. The summed E-state index contributed by atoms with van der Waals surface area (Å²) >= 11 is 6.27. The number of hydrogen-bond acceptors (Lipinski definition) is 1. The maximum Gasteiger partial charge on any atom is 0.256 e. The van der Waals surface area contributed by atoms with Gasteiger partial charge in [0.1, 0.15) is 0 Å². The molecule has 144 valence electrons. The van der Waals surface area contributed by atoms with Crippen molar-refractivity contribution in [3.8, 4) is 0 Å². The van der Waals surface area contributed by atoms with Gasteiger partial charge in [0.2, 0.25) is 0 Å². The molecule has 1 N–H and O–H groups in total. The largest absolute Gasteiger partial charge is 0.320 e. The summed E-state index contributed by atoms with van der Waals surface area (Å²) < 4.78 is 0. The van der Waals surface area contributed by atoms with Gasteiger partial charge in [0, 0.05) is 11.1 Å². The Labute approximate surface area is 168 Å². The van der Waals surface area contributed by atoms with Gasteiger partial charge in [-0.2, -0.15) is 0 Å². The highest BCUT2D eigenvalue weighted by molar-refractivity contribution is 6.39. The van der Waals surface area contributed by atoms with Crippen molar-refractivity contribution < 1.29 is 4.79 Å². The molecule has 0 saturated heterocycles. The van der Waals surface area contributed by atoms with E-state index in [2.05, 4.69) is 45.2 Å². The predicted octanol–water partition coefficient (Wildman–Crippen LogP) is 6.86. The van der Waals surface area contributed by atoms with Crippen molar-refractivity contribution >= 4 is 28.8 Å². The van der Waals surface area contributed by atoms with E-state index in [1.54, 1.807) is 0 Å². The van der Waals surface area contributed by atoms with Gasteiger partial charge >= 0.3 is 0 Å². The fourth-order valence-electron chi connectivity index (χ4n) is 6.21. The molecule has 27 heavy (non-hydrogen) atoms. The van der Waals surface area contributed by atoms with E-state index in [4.69, 9.17) is 11.6 Å². The number of carbonyl (C=O) groups is 1. The lowest BCUT2D eigenvalue weighted by molar-refractivity contribution is -0.110. The van der Waals surface area contributed by atoms with Gasteiger partial charge in [-0.25, -0.2) is 0 Å². The molecule has 2 nitrogen and oxygen atoms in total. The van der Waals surface area contributed by atoms with Crippen LogP contribution in [-0.4, -0.2) is 5.91 Å². The second kappa shape index (κ2) is 6.51. The van der Waals surface area contributed by atoms with Gasteiger partial charge in [0.25, 0.3) is 5.91 Å². The number of rotatable bonds is 2. The molecular formula is C24H30ClNO. The first-order valence-electron chi connectivity index (χ1n) is 10.2. The second-order valence-corrected chi connectivity index (χ2v) is 10.0. The molecule has 1 saturated carbocycles. The topological polar surface area (TPSA) is 29.1 Å². The summed E-state index contributed by atoms with van der Waals surface area (Å²) in [6.45, 7) is 9.67. The number of allylic oxidation sites excluding steroid dienone is 3. The second-order valence-electron chi connectivity index (χ2n) is 9.61. The first-order chi connectivity index (χ1) is 12.7. The first kappa shape index (κ1) is 18.8. The van der Waals surface area contributed by atoms with Crippen molar-refractivity contribution in [1.82, 2.24) is 0 Å². The lowest BCUT2D eigenvalue weighted by Gasteiger charge is -2.56. The monoisotopic (exact) mass is 383 g/mol. The third-order valence-electron chi connectivity index (χ3n) is 7.64. The van der Waals surface area contributed by atoms with Crippen LogP contribution in [0.2, 0.25) is 5.02 Å². The van der Waals surface area contributed by atoms with E-state index >= 15 is 0 Å². The lowest BCUT2D eigenvalue weighted by Crippen LogP contribution is -2.48. The van der Waals surface area contributed by atoms with Crippen molar-refractivity contribution in [2.24, 2.45) is 22.7 Å². The Morgan fingerprint density at radius 1 is 1.26 bits per heavy atom. The Hall–Kier alpha value is -1.54. The van der Waals surface area contributed by atoms with Crippen LogP contribution in [0.3, 0.4) is 0 Å². The SMILES string of the molecule is CC1=CC[C@H]2C(C)(C)CCC[C@]2(C)[C@H]1C/C=C1\C(=O)Nc2c(Cl)cccc21. The molecular weight excluding hydrogens is 354 g/mol. The number of para-hydroxylation sites is 1. The number of benzene rings is 1. The maximum absolute atomic E-state index is 12.6. The predicted molar refractivity (Wildman–Crippen MR) is 114 cm³/mol. The van der Waals surface area contributed by atoms with Crippen LogP contribution in [0, 0.1) is 22.7 Å². The van der Waals surface area contributed by atoms with Crippen LogP contribution in [0.1, 0.15) is 65.4 Å². The van der Waals surface area contributed by atoms with E-state index in [0.29, 0.717) is 27.7 Å². The van der Waals surface area contributed by atoms with E-state index in [1.807, 2.05) is 18.2 Å². The van der Waals surface area contributed by atoms with Crippen molar-refractivity contribution in [3.05, 3.63) is 46.5 Å². The number of anilines is 1. The zero-order chi connectivity index (χ0) is 19.4. The van der Waals surface area contributed by atoms with E-state index in [-0.39, 0.29) is 5.91 Å². The molecule has 1 aromatic carbocycles. The molecule has 1 aromatic rings. The molecule has 1 aliphatic heterocycles. The number of hydrogen-bond donors (Lipinski definition) is 1. The molecule has 3 heteroatoms. The fraction of sp³-hybridized carbons (Fsp3) is 0.542. The number of carbonyl (C=O) groups excluding carboxylic acids is 1. The van der Waals surface area contributed by atoms with E-state index in [0.717, 1.165) is 23.2 Å². The Kier molecular flexibility index (Phi) is 4.54. The maximum atomic E-state index is 12.6. The van der Waals surface area contributed by atoms with Crippen LogP contribution in [0.15, 0.2) is 35.9 Å². The van der Waals surface area contributed by atoms with Gasteiger partial charge in [-0.05, 0) is 61.3 Å². The summed E-state index contributed by atoms with van der Waals surface area (Å²) in [7, 11) is 0. The summed E-state index contributed by atoms with van der Waals surface area (Å²) in [4.78, 5) is 12.6. The molecule has 2 aliphatic carbocycles. The van der Waals surface area contributed by atoms with Crippen LogP contribution < -0.4 is 5.32 Å². The van der Waals surface area contributed by atoms with Crippen LogP contribution in [0.5, 0.6) is 0 Å². The summed E-state index contributed by atoms with van der Waals surface area (Å²) in [5, 5.41) is 3.55. The summed E-state index contributed by atoms with van der Waals surface area (Å²) in [5.41, 5.74) is 4.67. The highest BCUT2D eigenvalue weighted by Gasteiger charge is 2.51. The third-order valence-corrected chi connectivity index (χ3v) is 7.96. The van der Waals surface area contributed by atoms with Crippen LogP contribution in [0.25, 0.3) is 5.57 Å². The first-order valence-corrected chi connectivity index (χ1v) is 10.6.